The van der Waals surface area contributed by atoms with Gasteiger partial charge in [0.25, 0.3) is 0 Å². The number of rotatable bonds is 5. The van der Waals surface area contributed by atoms with E-state index in [0.717, 1.165) is 36.0 Å². The Balaban J connectivity index is 1.61. The first-order chi connectivity index (χ1) is 14.8. The highest BCUT2D eigenvalue weighted by atomic mass is 35.5. The molecule has 1 aromatic rings. The van der Waals surface area contributed by atoms with Crippen LogP contribution in [-0.2, 0) is 20.9 Å². The molecule has 1 amide bonds. The molecule has 0 aromatic heterocycles. The molecule has 2 aliphatic heterocycles. The maximum atomic E-state index is 13.7. The Morgan fingerprint density at radius 2 is 1.84 bits per heavy atom. The van der Waals surface area contributed by atoms with Crippen LogP contribution < -0.4 is 10.4 Å². The van der Waals surface area contributed by atoms with Crippen LogP contribution in [0.5, 0.6) is 0 Å². The molecule has 2 heterocycles. The van der Waals surface area contributed by atoms with Crippen molar-refractivity contribution in [1.29, 1.82) is 0 Å². The lowest BCUT2D eigenvalue weighted by Gasteiger charge is -2.40. The molecule has 1 aromatic carbocycles. The number of carbonyl (C=O) groups is 1. The van der Waals surface area contributed by atoms with Gasteiger partial charge in [0, 0.05) is 42.3 Å². The molecule has 0 bridgehead atoms. The maximum Gasteiger partial charge on any atom is 0.309 e. The number of ether oxygens (including phenoxy) is 1. The lowest BCUT2D eigenvalue weighted by Crippen LogP contribution is -2.55. The summed E-state index contributed by atoms with van der Waals surface area (Å²) in [5, 5.41) is 1.12. The average molecular weight is 475 g/mol. The number of alkyl halides is 1. The molecule has 1 saturated heterocycles. The van der Waals surface area contributed by atoms with E-state index in [-0.39, 0.29) is 29.5 Å². The van der Waals surface area contributed by atoms with E-state index < -0.39 is 28.9 Å². The predicted octanol–water partition coefficient (Wildman–Crippen LogP) is 2.12. The summed E-state index contributed by atoms with van der Waals surface area (Å²) in [5.41, 5.74) is 3.71. The van der Waals surface area contributed by atoms with Crippen LogP contribution >= 0.6 is 11.6 Å². The molecule has 2 unspecified atom stereocenters. The Labute approximate surface area is 188 Å². The first-order valence-electron chi connectivity index (χ1n) is 10.2. The van der Waals surface area contributed by atoms with Gasteiger partial charge in [-0.25, -0.2) is 19.2 Å². The zero-order valence-corrected chi connectivity index (χ0v) is 18.7. The fourth-order valence-corrected chi connectivity index (χ4v) is 5.16. The molecule has 3 aliphatic rings. The molecule has 7 nitrogen and oxygen atoms in total. The second kappa shape index (κ2) is 9.50. The minimum atomic E-state index is -1.05. The van der Waals surface area contributed by atoms with Crippen molar-refractivity contribution in [3.05, 3.63) is 41.3 Å². The Morgan fingerprint density at radius 1 is 1.16 bits per heavy atom. The number of amides is 1. The van der Waals surface area contributed by atoms with Crippen molar-refractivity contribution >= 4 is 34.6 Å². The quantitative estimate of drug-likeness (QED) is 0.520. The second-order valence-electron chi connectivity index (χ2n) is 7.87. The lowest BCUT2D eigenvalue weighted by molar-refractivity contribution is -0.121. The van der Waals surface area contributed by atoms with E-state index in [9.17, 15) is 18.1 Å². The van der Waals surface area contributed by atoms with Crippen molar-refractivity contribution in [2.45, 2.75) is 30.7 Å². The van der Waals surface area contributed by atoms with Crippen LogP contribution in [0.2, 0.25) is 0 Å². The smallest absolute Gasteiger partial charge is 0.309 e. The number of anilines is 1. The van der Waals surface area contributed by atoms with E-state index in [1.807, 2.05) is 9.21 Å². The van der Waals surface area contributed by atoms with Crippen LogP contribution in [0, 0.1) is 11.6 Å². The van der Waals surface area contributed by atoms with Gasteiger partial charge in [0.15, 0.2) is 0 Å². The van der Waals surface area contributed by atoms with E-state index in [1.54, 1.807) is 6.26 Å². The molecule has 31 heavy (non-hydrogen) atoms. The number of hydrogen-bond donors (Lipinski definition) is 1. The summed E-state index contributed by atoms with van der Waals surface area (Å²) >= 11 is 5.17. The SMILES string of the molecule is C[S@@+]([O-])N1CCN(C2=C(OC3CCC(Cl)C3)C(=O)N(c3cc(F)cc(F)c3)NC2)CC1. The molecule has 1 saturated carbocycles. The van der Waals surface area contributed by atoms with Crippen LogP contribution in [0.15, 0.2) is 29.7 Å². The summed E-state index contributed by atoms with van der Waals surface area (Å²) in [7, 11) is 0. The van der Waals surface area contributed by atoms with E-state index in [1.165, 1.54) is 0 Å². The van der Waals surface area contributed by atoms with Crippen LogP contribution in [0.25, 0.3) is 0 Å². The largest absolute Gasteiger partial charge is 0.598 e. The Morgan fingerprint density at radius 3 is 2.42 bits per heavy atom. The minimum Gasteiger partial charge on any atom is -0.598 e. The molecule has 170 valence electrons. The van der Waals surface area contributed by atoms with Crippen molar-refractivity contribution in [2.24, 2.45) is 0 Å². The number of carbonyl (C=O) groups excluding carboxylic acids is 1. The number of halogens is 3. The molecule has 0 radical (unpaired) electrons. The van der Waals surface area contributed by atoms with E-state index in [0.29, 0.717) is 38.3 Å². The molecule has 2 fully saturated rings. The number of piperazine rings is 1. The number of nitrogens with zero attached hydrogens (tertiary/aromatic N) is 3. The normalized spacial score (nSPS) is 26.5. The summed E-state index contributed by atoms with van der Waals surface area (Å²) in [4.78, 5) is 15.4. The third kappa shape index (κ3) is 5.09. The van der Waals surface area contributed by atoms with Gasteiger partial charge in [-0.2, -0.15) is 0 Å². The van der Waals surface area contributed by atoms with E-state index >= 15 is 0 Å². The first kappa shape index (κ1) is 22.6. The zero-order chi connectivity index (χ0) is 22.1. The summed E-state index contributed by atoms with van der Waals surface area (Å²) < 4.78 is 47.3. The number of benzene rings is 1. The van der Waals surface area contributed by atoms with Gasteiger partial charge in [0.05, 0.1) is 31.0 Å². The summed E-state index contributed by atoms with van der Waals surface area (Å²) in [6.45, 7) is 2.63. The molecule has 1 aliphatic carbocycles. The van der Waals surface area contributed by atoms with Crippen molar-refractivity contribution < 1.29 is 22.9 Å². The lowest BCUT2D eigenvalue weighted by atomic mass is 10.2. The molecular weight excluding hydrogens is 450 g/mol. The topological polar surface area (TPSA) is 71.1 Å². The molecule has 4 rings (SSSR count). The monoisotopic (exact) mass is 474 g/mol. The Bertz CT molecular complexity index is 847. The zero-order valence-electron chi connectivity index (χ0n) is 17.2. The van der Waals surface area contributed by atoms with E-state index in [2.05, 4.69) is 5.43 Å². The van der Waals surface area contributed by atoms with Gasteiger partial charge in [-0.15, -0.1) is 15.9 Å². The highest BCUT2D eigenvalue weighted by molar-refractivity contribution is 7.88. The first-order valence-corrected chi connectivity index (χ1v) is 12.2. The Kier molecular flexibility index (Phi) is 6.92. The Hall–Kier alpha value is -1.59. The third-order valence-electron chi connectivity index (χ3n) is 5.76. The molecular formula is C20H25ClF2N4O3S. The average Bonchev–Trinajstić information content (AvgIpc) is 3.13. The van der Waals surface area contributed by atoms with Crippen molar-refractivity contribution in [2.75, 3.05) is 44.0 Å². The highest BCUT2D eigenvalue weighted by Gasteiger charge is 2.37. The van der Waals surface area contributed by atoms with Gasteiger partial charge in [0.1, 0.15) is 24.0 Å². The van der Waals surface area contributed by atoms with Crippen molar-refractivity contribution in [3.8, 4) is 0 Å². The van der Waals surface area contributed by atoms with Crippen LogP contribution in [0.4, 0.5) is 14.5 Å². The van der Waals surface area contributed by atoms with Gasteiger partial charge in [-0.3, -0.25) is 4.79 Å². The van der Waals surface area contributed by atoms with Gasteiger partial charge in [-0.05, 0) is 25.0 Å². The third-order valence-corrected chi connectivity index (χ3v) is 7.25. The maximum absolute atomic E-state index is 13.7. The van der Waals surface area contributed by atoms with Gasteiger partial charge in [0.2, 0.25) is 5.76 Å². The molecule has 1 N–H and O–H groups in total. The predicted molar refractivity (Wildman–Crippen MR) is 114 cm³/mol. The molecule has 0 spiro atoms. The van der Waals surface area contributed by atoms with Gasteiger partial charge < -0.3 is 14.2 Å². The van der Waals surface area contributed by atoms with Crippen molar-refractivity contribution in [1.82, 2.24) is 14.6 Å². The fraction of sp³-hybridized carbons (Fsp3) is 0.550. The van der Waals surface area contributed by atoms with Crippen LogP contribution in [0.3, 0.4) is 0 Å². The van der Waals surface area contributed by atoms with Crippen LogP contribution in [0.1, 0.15) is 19.3 Å². The summed E-state index contributed by atoms with van der Waals surface area (Å²) in [6.07, 6.45) is 3.64. The summed E-state index contributed by atoms with van der Waals surface area (Å²) in [6, 6.07) is 2.94. The second-order valence-corrected chi connectivity index (χ2v) is 9.85. The van der Waals surface area contributed by atoms with Gasteiger partial charge in [-0.1, -0.05) is 0 Å². The van der Waals surface area contributed by atoms with Crippen LogP contribution in [-0.4, -0.2) is 70.1 Å². The van der Waals surface area contributed by atoms with E-state index in [4.69, 9.17) is 16.3 Å². The fourth-order valence-electron chi connectivity index (χ4n) is 4.16. The summed E-state index contributed by atoms with van der Waals surface area (Å²) in [5.74, 6) is -1.88. The number of nitrogens with one attached hydrogen (secondary N) is 1. The minimum absolute atomic E-state index is 0.00219. The molecule has 3 atom stereocenters. The standard InChI is InChI=1S/C20H25ClF2N4O3S/c1-31(29)26-6-4-25(5-7-26)18-12-24-27(16-10-14(22)9-15(23)11-16)20(28)19(18)30-17-3-2-13(21)8-17/h9-11,13,17,24H,2-8,12H2,1H3/t13?,17?,31-/m1/s1. The van der Waals surface area contributed by atoms with Gasteiger partial charge >= 0.3 is 5.91 Å². The number of hydrogen-bond acceptors (Lipinski definition) is 6. The van der Waals surface area contributed by atoms with Crippen molar-refractivity contribution in [3.63, 3.8) is 0 Å². The molecule has 11 heteroatoms. The highest BCUT2D eigenvalue weighted by Crippen LogP contribution is 2.32. The number of hydrazine groups is 1.